The SMILES string of the molecule is CCCCNC(=O)C(CC)N(Cc1cccc(C)c1)C(=O)CCCN1c2cccc3cccc(c23)S1(=O)=O. The number of rotatable bonds is 12. The molecule has 7 nitrogen and oxygen atoms in total. The van der Waals surface area contributed by atoms with Gasteiger partial charge in [-0.3, -0.25) is 13.9 Å². The minimum absolute atomic E-state index is 0.142. The Balaban J connectivity index is 1.50. The van der Waals surface area contributed by atoms with Crippen LogP contribution in [0.2, 0.25) is 0 Å². The summed E-state index contributed by atoms with van der Waals surface area (Å²) in [7, 11) is -3.67. The Kier molecular flexibility index (Phi) is 8.72. The van der Waals surface area contributed by atoms with E-state index >= 15 is 0 Å². The van der Waals surface area contributed by atoms with Crippen LogP contribution in [0.4, 0.5) is 5.69 Å². The third-order valence-electron chi connectivity index (χ3n) is 7.08. The standard InChI is InChI=1S/C30H37N3O4S/c1-4-6-18-31-30(35)25(5-2)32(21-23-12-7-11-22(3)20-23)28(34)17-10-19-33-26-15-8-13-24-14-9-16-27(29(24)26)38(33,36)37/h7-9,11-16,20,25H,4-6,10,17-19,21H2,1-3H3,(H,31,35). The van der Waals surface area contributed by atoms with Gasteiger partial charge < -0.3 is 10.2 Å². The van der Waals surface area contributed by atoms with E-state index < -0.39 is 16.1 Å². The number of nitrogens with zero attached hydrogens (tertiary/aromatic N) is 2. The second-order valence-corrected chi connectivity index (χ2v) is 11.7. The molecule has 0 aromatic heterocycles. The van der Waals surface area contributed by atoms with Gasteiger partial charge in [-0.25, -0.2) is 8.42 Å². The lowest BCUT2D eigenvalue weighted by Gasteiger charge is -2.31. The first kappa shape index (κ1) is 27.6. The van der Waals surface area contributed by atoms with Gasteiger partial charge >= 0.3 is 0 Å². The molecule has 1 N–H and O–H groups in total. The van der Waals surface area contributed by atoms with Crippen LogP contribution in [0.25, 0.3) is 10.8 Å². The number of benzene rings is 3. The zero-order valence-electron chi connectivity index (χ0n) is 22.4. The van der Waals surface area contributed by atoms with E-state index in [4.69, 9.17) is 0 Å². The van der Waals surface area contributed by atoms with E-state index in [1.165, 1.54) is 4.31 Å². The molecule has 0 fully saturated rings. The fourth-order valence-corrected chi connectivity index (χ4v) is 6.90. The maximum absolute atomic E-state index is 13.6. The number of carbonyl (C=O) groups excluding carboxylic acids is 2. The molecule has 0 radical (unpaired) electrons. The van der Waals surface area contributed by atoms with Crippen LogP contribution in [-0.4, -0.2) is 44.3 Å². The summed E-state index contributed by atoms with van der Waals surface area (Å²) in [6.45, 7) is 7.08. The Morgan fingerprint density at radius 1 is 1.00 bits per heavy atom. The molecule has 0 saturated heterocycles. The summed E-state index contributed by atoms with van der Waals surface area (Å²) >= 11 is 0. The van der Waals surface area contributed by atoms with Crippen molar-refractivity contribution in [1.82, 2.24) is 10.2 Å². The van der Waals surface area contributed by atoms with Crippen LogP contribution in [-0.2, 0) is 26.2 Å². The summed E-state index contributed by atoms with van der Waals surface area (Å²) in [5.41, 5.74) is 2.70. The molecule has 1 aliphatic rings. The number of sulfonamides is 1. The highest BCUT2D eigenvalue weighted by Crippen LogP contribution is 2.42. The molecule has 4 rings (SSSR count). The Labute approximate surface area is 225 Å². The molecule has 202 valence electrons. The summed E-state index contributed by atoms with van der Waals surface area (Å²) < 4.78 is 28.0. The van der Waals surface area contributed by atoms with Gasteiger partial charge in [0.05, 0.1) is 10.6 Å². The molecule has 8 heteroatoms. The van der Waals surface area contributed by atoms with Crippen molar-refractivity contribution < 1.29 is 18.0 Å². The summed E-state index contributed by atoms with van der Waals surface area (Å²) in [6.07, 6.45) is 2.84. The van der Waals surface area contributed by atoms with E-state index in [9.17, 15) is 18.0 Å². The highest BCUT2D eigenvalue weighted by molar-refractivity contribution is 7.93. The predicted octanol–water partition coefficient (Wildman–Crippen LogP) is 5.16. The summed E-state index contributed by atoms with van der Waals surface area (Å²) in [6, 6.07) is 18.2. The second-order valence-electron chi connectivity index (χ2n) is 9.89. The maximum Gasteiger partial charge on any atom is 0.265 e. The summed E-state index contributed by atoms with van der Waals surface area (Å²) in [4.78, 5) is 28.6. The highest BCUT2D eigenvalue weighted by Gasteiger charge is 2.35. The van der Waals surface area contributed by atoms with E-state index in [0.717, 1.165) is 34.7 Å². The largest absolute Gasteiger partial charge is 0.354 e. The molecule has 1 atom stereocenters. The summed E-state index contributed by atoms with van der Waals surface area (Å²) in [5, 5.41) is 4.59. The molecule has 1 unspecified atom stereocenters. The molecule has 1 aliphatic heterocycles. The number of unbranched alkanes of at least 4 members (excludes halogenated alkanes) is 1. The average molecular weight is 536 g/mol. The fraction of sp³-hybridized carbons (Fsp3) is 0.400. The van der Waals surface area contributed by atoms with Crippen molar-refractivity contribution in [2.24, 2.45) is 0 Å². The highest BCUT2D eigenvalue weighted by atomic mass is 32.2. The number of amides is 2. The van der Waals surface area contributed by atoms with Gasteiger partial charge in [0.2, 0.25) is 11.8 Å². The Morgan fingerprint density at radius 3 is 2.45 bits per heavy atom. The Bertz CT molecular complexity index is 1410. The topological polar surface area (TPSA) is 86.8 Å². The van der Waals surface area contributed by atoms with Crippen molar-refractivity contribution in [1.29, 1.82) is 0 Å². The Hall–Kier alpha value is -3.39. The quantitative estimate of drug-likeness (QED) is 0.325. The lowest BCUT2D eigenvalue weighted by Crippen LogP contribution is -2.49. The van der Waals surface area contributed by atoms with E-state index in [2.05, 4.69) is 12.2 Å². The first-order valence-corrected chi connectivity index (χ1v) is 14.9. The smallest absolute Gasteiger partial charge is 0.265 e. The van der Waals surface area contributed by atoms with Gasteiger partial charge in [0, 0.05) is 31.4 Å². The van der Waals surface area contributed by atoms with Gasteiger partial charge in [-0.2, -0.15) is 0 Å². The van der Waals surface area contributed by atoms with Crippen LogP contribution >= 0.6 is 0 Å². The average Bonchev–Trinajstić information content (AvgIpc) is 3.12. The van der Waals surface area contributed by atoms with Crippen LogP contribution in [0.15, 0.2) is 65.6 Å². The molecule has 0 aliphatic carbocycles. The molecule has 1 heterocycles. The van der Waals surface area contributed by atoms with Crippen molar-refractivity contribution in [3.63, 3.8) is 0 Å². The van der Waals surface area contributed by atoms with Crippen LogP contribution in [0.3, 0.4) is 0 Å². The van der Waals surface area contributed by atoms with E-state index in [1.807, 2.05) is 62.4 Å². The lowest BCUT2D eigenvalue weighted by molar-refractivity contribution is -0.141. The zero-order chi connectivity index (χ0) is 27.3. The number of carbonyl (C=O) groups is 2. The van der Waals surface area contributed by atoms with Crippen LogP contribution < -0.4 is 9.62 Å². The molecular formula is C30H37N3O4S. The van der Waals surface area contributed by atoms with E-state index in [0.29, 0.717) is 36.5 Å². The number of nitrogens with one attached hydrogen (secondary N) is 1. The molecular weight excluding hydrogens is 498 g/mol. The van der Waals surface area contributed by atoms with Crippen molar-refractivity contribution in [2.75, 3.05) is 17.4 Å². The van der Waals surface area contributed by atoms with Crippen molar-refractivity contribution in [3.8, 4) is 0 Å². The second kappa shape index (κ2) is 12.0. The normalized spacial score (nSPS) is 14.4. The molecule has 3 aromatic carbocycles. The van der Waals surface area contributed by atoms with Crippen LogP contribution in [0, 0.1) is 6.92 Å². The minimum Gasteiger partial charge on any atom is -0.354 e. The zero-order valence-corrected chi connectivity index (χ0v) is 23.3. The van der Waals surface area contributed by atoms with Crippen LogP contribution in [0.1, 0.15) is 57.1 Å². The van der Waals surface area contributed by atoms with Crippen molar-refractivity contribution in [3.05, 3.63) is 71.8 Å². The van der Waals surface area contributed by atoms with Gasteiger partial charge in [0.1, 0.15) is 6.04 Å². The molecule has 2 amide bonds. The predicted molar refractivity (Wildman–Crippen MR) is 151 cm³/mol. The van der Waals surface area contributed by atoms with Gasteiger partial charge in [0.15, 0.2) is 0 Å². The Morgan fingerprint density at radius 2 is 1.74 bits per heavy atom. The number of hydrogen-bond donors (Lipinski definition) is 1. The van der Waals surface area contributed by atoms with Gasteiger partial charge in [-0.05, 0) is 49.3 Å². The molecule has 0 spiro atoms. The van der Waals surface area contributed by atoms with Crippen molar-refractivity contribution in [2.45, 2.75) is 70.4 Å². The van der Waals surface area contributed by atoms with Gasteiger partial charge in [-0.1, -0.05) is 74.4 Å². The van der Waals surface area contributed by atoms with E-state index in [1.54, 1.807) is 17.0 Å². The molecule has 38 heavy (non-hydrogen) atoms. The first-order valence-electron chi connectivity index (χ1n) is 13.4. The third kappa shape index (κ3) is 5.70. The van der Waals surface area contributed by atoms with Gasteiger partial charge in [-0.15, -0.1) is 0 Å². The summed E-state index contributed by atoms with van der Waals surface area (Å²) in [5.74, 6) is -0.303. The lowest BCUT2D eigenvalue weighted by atomic mass is 10.1. The maximum atomic E-state index is 13.6. The fourth-order valence-electron chi connectivity index (χ4n) is 5.15. The number of aryl methyl sites for hydroxylation is 1. The molecule has 0 bridgehead atoms. The number of anilines is 1. The molecule has 0 saturated carbocycles. The monoisotopic (exact) mass is 535 g/mol. The van der Waals surface area contributed by atoms with Crippen molar-refractivity contribution >= 4 is 38.3 Å². The minimum atomic E-state index is -3.67. The van der Waals surface area contributed by atoms with Crippen LogP contribution in [0.5, 0.6) is 0 Å². The molecule has 3 aromatic rings. The van der Waals surface area contributed by atoms with Gasteiger partial charge in [0.25, 0.3) is 10.0 Å². The number of hydrogen-bond acceptors (Lipinski definition) is 4. The third-order valence-corrected chi connectivity index (χ3v) is 8.94. The van der Waals surface area contributed by atoms with E-state index in [-0.39, 0.29) is 24.8 Å². The first-order chi connectivity index (χ1) is 18.3.